The molecule has 248 valence electrons. The third kappa shape index (κ3) is 15.1. The van der Waals surface area contributed by atoms with Crippen molar-refractivity contribution in [1.29, 1.82) is 0 Å². The van der Waals surface area contributed by atoms with Crippen LogP contribution < -0.4 is 10.6 Å². The lowest BCUT2D eigenvalue weighted by Crippen LogP contribution is -2.56. The van der Waals surface area contributed by atoms with Gasteiger partial charge in [-0.15, -0.1) is 0 Å². The van der Waals surface area contributed by atoms with Gasteiger partial charge in [0, 0.05) is 43.9 Å². The Morgan fingerprint density at radius 3 is 2.14 bits per heavy atom. The number of unbranched alkanes of at least 4 members (excludes halogenated alkanes) is 11. The number of allylic oxidation sites excluding steroid dienone is 2. The number of carbonyl (C=O) groups excluding carboxylic acids is 3. The van der Waals surface area contributed by atoms with E-state index in [4.69, 9.17) is 9.47 Å². The summed E-state index contributed by atoms with van der Waals surface area (Å²) in [4.78, 5) is 40.0. The van der Waals surface area contributed by atoms with Crippen molar-refractivity contribution in [1.82, 2.24) is 15.5 Å². The van der Waals surface area contributed by atoms with Gasteiger partial charge in [-0.05, 0) is 58.8 Å². The maximum absolute atomic E-state index is 12.9. The molecule has 8 heteroatoms. The van der Waals surface area contributed by atoms with Crippen molar-refractivity contribution in [3.8, 4) is 0 Å². The highest BCUT2D eigenvalue weighted by Gasteiger charge is 2.45. The van der Waals surface area contributed by atoms with Crippen LogP contribution in [0, 0.1) is 5.41 Å². The summed E-state index contributed by atoms with van der Waals surface area (Å²) in [6.45, 7) is 11.6. The topological polar surface area (TPSA) is 97.0 Å². The first-order chi connectivity index (χ1) is 20.6. The summed E-state index contributed by atoms with van der Waals surface area (Å²) >= 11 is 0. The SMILES string of the molecule is CCCCCCCC/C=C\CCCCCCCC(=O)NCC1CCCN1C(=O)CCNC(=O)[C@H]1OC(C)(C)OCC1(C)C. The average molecular weight is 606 g/mol. The maximum Gasteiger partial charge on any atom is 0.249 e. The summed E-state index contributed by atoms with van der Waals surface area (Å²) in [5.41, 5.74) is -0.452. The van der Waals surface area contributed by atoms with E-state index in [-0.39, 0.29) is 36.7 Å². The summed E-state index contributed by atoms with van der Waals surface area (Å²) in [7, 11) is 0. The predicted molar refractivity (Wildman–Crippen MR) is 174 cm³/mol. The number of hydrogen-bond acceptors (Lipinski definition) is 5. The van der Waals surface area contributed by atoms with Crippen molar-refractivity contribution in [2.24, 2.45) is 5.41 Å². The lowest BCUT2D eigenvalue weighted by atomic mass is 9.85. The van der Waals surface area contributed by atoms with Gasteiger partial charge in [-0.3, -0.25) is 14.4 Å². The van der Waals surface area contributed by atoms with Crippen LogP contribution >= 0.6 is 0 Å². The van der Waals surface area contributed by atoms with Crippen molar-refractivity contribution in [2.75, 3.05) is 26.2 Å². The molecule has 8 nitrogen and oxygen atoms in total. The van der Waals surface area contributed by atoms with Crippen molar-refractivity contribution in [3.05, 3.63) is 12.2 Å². The van der Waals surface area contributed by atoms with Crippen molar-refractivity contribution >= 4 is 17.7 Å². The number of nitrogens with zero attached hydrogens (tertiary/aromatic N) is 1. The molecular formula is C35H63N3O5. The van der Waals surface area contributed by atoms with E-state index >= 15 is 0 Å². The molecule has 0 aromatic carbocycles. The minimum Gasteiger partial charge on any atom is -0.354 e. The van der Waals surface area contributed by atoms with Gasteiger partial charge in [-0.25, -0.2) is 0 Å². The van der Waals surface area contributed by atoms with E-state index in [2.05, 4.69) is 29.7 Å². The molecule has 0 aromatic rings. The highest BCUT2D eigenvalue weighted by molar-refractivity contribution is 5.83. The van der Waals surface area contributed by atoms with Crippen LogP contribution in [-0.4, -0.2) is 66.8 Å². The van der Waals surface area contributed by atoms with Gasteiger partial charge in [0.05, 0.1) is 6.61 Å². The quantitative estimate of drug-likeness (QED) is 0.111. The highest BCUT2D eigenvalue weighted by Crippen LogP contribution is 2.34. The van der Waals surface area contributed by atoms with E-state index in [1.807, 2.05) is 18.7 Å². The van der Waals surface area contributed by atoms with Crippen LogP contribution in [0.25, 0.3) is 0 Å². The number of hydrogen-bond donors (Lipinski definition) is 2. The lowest BCUT2D eigenvalue weighted by molar-refractivity contribution is -0.304. The molecule has 2 saturated heterocycles. The lowest BCUT2D eigenvalue weighted by Gasteiger charge is -2.44. The second-order valence-corrected chi connectivity index (χ2v) is 13.7. The highest BCUT2D eigenvalue weighted by atomic mass is 16.7. The molecule has 2 heterocycles. The molecular weight excluding hydrogens is 542 g/mol. The summed E-state index contributed by atoms with van der Waals surface area (Å²) in [6, 6.07) is 0.0276. The normalized spacial score (nSPS) is 21.3. The second kappa shape index (κ2) is 20.2. The monoisotopic (exact) mass is 605 g/mol. The first-order valence-corrected chi connectivity index (χ1v) is 17.4. The molecule has 2 fully saturated rings. The Kier molecular flexibility index (Phi) is 17.5. The number of ether oxygens (including phenoxy) is 2. The molecule has 0 aliphatic carbocycles. The molecule has 0 saturated carbocycles. The van der Waals surface area contributed by atoms with Crippen LogP contribution in [0.5, 0.6) is 0 Å². The molecule has 0 bridgehead atoms. The third-order valence-electron chi connectivity index (χ3n) is 8.68. The van der Waals surface area contributed by atoms with E-state index in [1.165, 1.54) is 70.6 Å². The van der Waals surface area contributed by atoms with Crippen LogP contribution in [0.15, 0.2) is 12.2 Å². The van der Waals surface area contributed by atoms with E-state index in [9.17, 15) is 14.4 Å². The molecule has 2 N–H and O–H groups in total. The molecule has 0 aromatic heterocycles. The summed E-state index contributed by atoms with van der Waals surface area (Å²) in [5, 5.41) is 5.94. The number of carbonyl (C=O) groups is 3. The third-order valence-corrected chi connectivity index (χ3v) is 8.68. The molecule has 43 heavy (non-hydrogen) atoms. The summed E-state index contributed by atoms with van der Waals surface area (Å²) < 4.78 is 11.6. The molecule has 3 amide bonds. The maximum atomic E-state index is 12.9. The van der Waals surface area contributed by atoms with Crippen molar-refractivity contribution in [3.63, 3.8) is 0 Å². The molecule has 2 aliphatic heterocycles. The summed E-state index contributed by atoms with van der Waals surface area (Å²) in [6.07, 6.45) is 22.8. The Balaban J connectivity index is 1.51. The van der Waals surface area contributed by atoms with E-state index in [0.29, 0.717) is 26.1 Å². The molecule has 0 radical (unpaired) electrons. The van der Waals surface area contributed by atoms with Crippen molar-refractivity contribution in [2.45, 2.75) is 162 Å². The van der Waals surface area contributed by atoms with E-state index in [0.717, 1.165) is 25.7 Å². The Hall–Kier alpha value is -1.93. The van der Waals surface area contributed by atoms with E-state index in [1.54, 1.807) is 13.8 Å². The Morgan fingerprint density at radius 2 is 1.47 bits per heavy atom. The Morgan fingerprint density at radius 1 is 0.837 bits per heavy atom. The fourth-order valence-electron chi connectivity index (χ4n) is 5.90. The first kappa shape index (κ1) is 37.3. The van der Waals surface area contributed by atoms with Crippen molar-refractivity contribution < 1.29 is 23.9 Å². The van der Waals surface area contributed by atoms with Crippen LogP contribution in [0.2, 0.25) is 0 Å². The smallest absolute Gasteiger partial charge is 0.249 e. The predicted octanol–water partition coefficient (Wildman–Crippen LogP) is 6.82. The fourth-order valence-corrected chi connectivity index (χ4v) is 5.90. The number of amides is 3. The number of nitrogens with one attached hydrogen (secondary N) is 2. The standard InChI is InChI=1S/C35H63N3O5/c1-6-7-8-9-10-11-12-13-14-15-16-17-18-19-20-23-30(39)37-27-29-22-21-26-38(29)31(40)24-25-36-33(41)32-34(2,3)28-42-35(4,5)43-32/h13-14,29,32H,6-12,15-28H2,1-5H3,(H,36,41)(H,37,39)/b14-13-/t29?,32-/m1/s1. The minimum absolute atomic E-state index is 0.0155. The number of likely N-dealkylation sites (tertiary alicyclic amines) is 1. The zero-order valence-corrected chi connectivity index (χ0v) is 28.1. The van der Waals surface area contributed by atoms with Crippen LogP contribution in [-0.2, 0) is 23.9 Å². The Labute approximate surface area is 262 Å². The Bertz CT molecular complexity index is 856. The summed E-state index contributed by atoms with van der Waals surface area (Å²) in [5.74, 6) is -0.937. The average Bonchev–Trinajstić information content (AvgIpc) is 3.44. The van der Waals surface area contributed by atoms with Gasteiger partial charge in [-0.2, -0.15) is 0 Å². The number of rotatable bonds is 21. The van der Waals surface area contributed by atoms with Crippen LogP contribution in [0.3, 0.4) is 0 Å². The van der Waals surface area contributed by atoms with Crippen LogP contribution in [0.1, 0.15) is 144 Å². The van der Waals surface area contributed by atoms with Gasteiger partial charge in [0.1, 0.15) is 6.10 Å². The largest absolute Gasteiger partial charge is 0.354 e. The van der Waals surface area contributed by atoms with Gasteiger partial charge in [-0.1, -0.05) is 84.3 Å². The molecule has 2 aliphatic rings. The van der Waals surface area contributed by atoms with E-state index < -0.39 is 17.3 Å². The molecule has 1 unspecified atom stereocenters. The zero-order valence-electron chi connectivity index (χ0n) is 28.1. The first-order valence-electron chi connectivity index (χ1n) is 17.4. The zero-order chi connectivity index (χ0) is 31.6. The molecule has 2 rings (SSSR count). The van der Waals surface area contributed by atoms with Gasteiger partial charge in [0.25, 0.3) is 0 Å². The van der Waals surface area contributed by atoms with Gasteiger partial charge >= 0.3 is 0 Å². The van der Waals surface area contributed by atoms with Gasteiger partial charge in [0.2, 0.25) is 17.7 Å². The minimum atomic E-state index is -0.815. The van der Waals surface area contributed by atoms with Crippen LogP contribution in [0.4, 0.5) is 0 Å². The van der Waals surface area contributed by atoms with Gasteiger partial charge in [0.15, 0.2) is 5.79 Å². The molecule has 2 atom stereocenters. The second-order valence-electron chi connectivity index (χ2n) is 13.7. The fraction of sp³-hybridized carbons (Fsp3) is 0.857. The molecule has 0 spiro atoms. The van der Waals surface area contributed by atoms with Gasteiger partial charge < -0.3 is 25.0 Å².